The van der Waals surface area contributed by atoms with Crippen molar-refractivity contribution in [1.82, 2.24) is 14.5 Å². The summed E-state index contributed by atoms with van der Waals surface area (Å²) >= 11 is 0. The number of hydrogen-bond donors (Lipinski definition) is 1. The quantitative estimate of drug-likeness (QED) is 0.506. The number of aryl methyl sites for hydroxylation is 1. The number of ether oxygens (including phenoxy) is 1. The molecule has 0 saturated carbocycles. The second kappa shape index (κ2) is 7.62. The van der Waals surface area contributed by atoms with Crippen molar-refractivity contribution >= 4 is 26.7 Å². The molecule has 0 amide bonds. The Labute approximate surface area is 177 Å². The van der Waals surface area contributed by atoms with Gasteiger partial charge in [0.05, 0.1) is 23.1 Å². The fourth-order valence-electron chi connectivity index (χ4n) is 3.47. The number of hydrogen-bond acceptors (Lipinski definition) is 6. The van der Waals surface area contributed by atoms with E-state index in [1.807, 2.05) is 0 Å². The summed E-state index contributed by atoms with van der Waals surface area (Å²) in [6, 6.07) is 7.76. The lowest BCUT2D eigenvalue weighted by Gasteiger charge is -2.10. The van der Waals surface area contributed by atoms with Crippen LogP contribution < -0.4 is 10.5 Å². The molecule has 0 saturated heterocycles. The van der Waals surface area contributed by atoms with Gasteiger partial charge >= 0.3 is 0 Å². The van der Waals surface area contributed by atoms with Gasteiger partial charge in [-0.1, -0.05) is 18.2 Å². The van der Waals surface area contributed by atoms with Gasteiger partial charge in [0, 0.05) is 29.9 Å². The minimum absolute atomic E-state index is 0.0545. The van der Waals surface area contributed by atoms with Gasteiger partial charge in [-0.25, -0.2) is 27.2 Å². The summed E-state index contributed by atoms with van der Waals surface area (Å²) < 4.78 is 61.5. The molecule has 2 heterocycles. The second-order valence-corrected chi connectivity index (χ2v) is 8.93. The number of aromatic nitrogens is 3. The largest absolute Gasteiger partial charge is 0.494 e. The predicted octanol–water partition coefficient (Wildman–Crippen LogP) is 3.48. The zero-order valence-electron chi connectivity index (χ0n) is 16.6. The molecular formula is C21H18F2N4O3S. The average Bonchev–Trinajstić information content (AvgIpc) is 3.07. The van der Waals surface area contributed by atoms with Crippen molar-refractivity contribution in [2.75, 3.05) is 12.8 Å². The van der Waals surface area contributed by atoms with Crippen LogP contribution in [0.4, 0.5) is 14.6 Å². The zero-order valence-corrected chi connectivity index (χ0v) is 17.5. The SMILES string of the molecule is COc1ccc(S(=O)(=O)Cc2cccc(-c3cn(C)c4ncnc(N)c34)c2F)cc1F. The summed E-state index contributed by atoms with van der Waals surface area (Å²) in [4.78, 5) is 7.87. The maximum Gasteiger partial charge on any atom is 0.182 e. The number of methoxy groups -OCH3 is 1. The molecule has 0 spiro atoms. The smallest absolute Gasteiger partial charge is 0.182 e. The molecule has 0 unspecified atom stereocenters. The van der Waals surface area contributed by atoms with Gasteiger partial charge in [-0.3, -0.25) is 0 Å². The van der Waals surface area contributed by atoms with Gasteiger partial charge in [0.2, 0.25) is 0 Å². The van der Waals surface area contributed by atoms with Crippen LogP contribution in [0.2, 0.25) is 0 Å². The number of sulfone groups is 1. The van der Waals surface area contributed by atoms with Crippen molar-refractivity contribution in [2.24, 2.45) is 7.05 Å². The second-order valence-electron chi connectivity index (χ2n) is 6.95. The maximum atomic E-state index is 15.4. The maximum absolute atomic E-state index is 15.4. The fraction of sp³-hybridized carbons (Fsp3) is 0.143. The van der Waals surface area contributed by atoms with Crippen molar-refractivity contribution < 1.29 is 21.9 Å². The van der Waals surface area contributed by atoms with Gasteiger partial charge in [-0.2, -0.15) is 0 Å². The highest BCUT2D eigenvalue weighted by Crippen LogP contribution is 2.35. The molecule has 4 rings (SSSR count). The molecule has 4 aromatic rings. The molecule has 31 heavy (non-hydrogen) atoms. The Kier molecular flexibility index (Phi) is 5.10. The Morgan fingerprint density at radius 1 is 1.13 bits per heavy atom. The zero-order chi connectivity index (χ0) is 22.3. The van der Waals surface area contributed by atoms with Crippen molar-refractivity contribution in [1.29, 1.82) is 0 Å². The minimum Gasteiger partial charge on any atom is -0.494 e. The summed E-state index contributed by atoms with van der Waals surface area (Å²) in [6.45, 7) is 0. The number of nitrogens with zero attached hydrogens (tertiary/aromatic N) is 3. The summed E-state index contributed by atoms with van der Waals surface area (Å²) in [5.41, 5.74) is 7.06. The Morgan fingerprint density at radius 3 is 2.61 bits per heavy atom. The van der Waals surface area contributed by atoms with Crippen LogP contribution in [-0.4, -0.2) is 30.1 Å². The van der Waals surface area contributed by atoms with Crippen LogP contribution in [0, 0.1) is 11.6 Å². The van der Waals surface area contributed by atoms with Crippen LogP contribution in [0.25, 0.3) is 22.2 Å². The molecule has 2 N–H and O–H groups in total. The number of fused-ring (bicyclic) bond motifs is 1. The topological polar surface area (TPSA) is 100 Å². The number of nitrogens with two attached hydrogens (primary N) is 1. The lowest BCUT2D eigenvalue weighted by Crippen LogP contribution is -2.08. The van der Waals surface area contributed by atoms with E-state index in [0.717, 1.165) is 6.07 Å². The van der Waals surface area contributed by atoms with Gasteiger partial charge in [0.25, 0.3) is 0 Å². The normalized spacial score (nSPS) is 11.7. The standard InChI is InChI=1S/C21H18F2N4O3S/c1-27-9-15(18-20(24)25-11-26-21(18)27)14-5-3-4-12(19(14)23)10-31(28,29)13-6-7-17(30-2)16(22)8-13/h3-9,11H,10H2,1-2H3,(H2,24,25,26). The van der Waals surface area contributed by atoms with Gasteiger partial charge in [0.1, 0.15) is 23.6 Å². The molecule has 160 valence electrons. The van der Waals surface area contributed by atoms with Crippen molar-refractivity contribution in [2.45, 2.75) is 10.6 Å². The van der Waals surface area contributed by atoms with E-state index < -0.39 is 27.2 Å². The monoisotopic (exact) mass is 444 g/mol. The molecule has 2 aromatic carbocycles. The first-order chi connectivity index (χ1) is 14.7. The molecule has 2 aromatic heterocycles. The number of halogens is 2. The number of benzene rings is 2. The Morgan fingerprint density at radius 2 is 1.90 bits per heavy atom. The van der Waals surface area contributed by atoms with Gasteiger partial charge in [0.15, 0.2) is 21.4 Å². The Bertz CT molecular complexity index is 1420. The molecule has 0 bridgehead atoms. The highest BCUT2D eigenvalue weighted by Gasteiger charge is 2.23. The predicted molar refractivity (Wildman–Crippen MR) is 112 cm³/mol. The van der Waals surface area contributed by atoms with Crippen LogP contribution in [-0.2, 0) is 22.6 Å². The molecular weight excluding hydrogens is 426 g/mol. The Balaban J connectivity index is 1.78. The van der Waals surface area contributed by atoms with Gasteiger partial charge in [-0.15, -0.1) is 0 Å². The molecule has 0 atom stereocenters. The van der Waals surface area contributed by atoms with Crippen LogP contribution in [0.15, 0.2) is 53.8 Å². The molecule has 0 aliphatic heterocycles. The van der Waals surface area contributed by atoms with E-state index >= 15 is 4.39 Å². The van der Waals surface area contributed by atoms with Crippen LogP contribution >= 0.6 is 0 Å². The van der Waals surface area contributed by atoms with Crippen LogP contribution in [0.5, 0.6) is 5.75 Å². The highest BCUT2D eigenvalue weighted by molar-refractivity contribution is 7.90. The first-order valence-electron chi connectivity index (χ1n) is 9.12. The van der Waals surface area contributed by atoms with Crippen molar-refractivity contribution in [3.8, 4) is 16.9 Å². The number of nitrogen functional groups attached to an aromatic ring is 1. The molecule has 0 radical (unpaired) electrons. The molecule has 7 nitrogen and oxygen atoms in total. The molecule has 0 fully saturated rings. The van der Waals surface area contributed by atoms with Gasteiger partial charge in [-0.05, 0) is 18.2 Å². The van der Waals surface area contributed by atoms with Crippen LogP contribution in [0.1, 0.15) is 5.56 Å². The third-order valence-corrected chi connectivity index (χ3v) is 6.64. The lowest BCUT2D eigenvalue weighted by molar-refractivity contribution is 0.385. The van der Waals surface area contributed by atoms with E-state index in [1.165, 1.54) is 37.7 Å². The third-order valence-electron chi connectivity index (χ3n) is 4.98. The van der Waals surface area contributed by atoms with E-state index in [2.05, 4.69) is 9.97 Å². The lowest BCUT2D eigenvalue weighted by atomic mass is 10.0. The van der Waals surface area contributed by atoms with Gasteiger partial charge < -0.3 is 15.0 Å². The number of anilines is 1. The molecule has 0 aliphatic carbocycles. The van der Waals surface area contributed by atoms with Crippen molar-refractivity contribution in [3.63, 3.8) is 0 Å². The van der Waals surface area contributed by atoms with E-state index in [-0.39, 0.29) is 27.6 Å². The van der Waals surface area contributed by atoms with E-state index in [0.29, 0.717) is 16.6 Å². The molecule has 0 aliphatic rings. The summed E-state index contributed by atoms with van der Waals surface area (Å²) in [6.07, 6.45) is 2.97. The van der Waals surface area contributed by atoms with Crippen molar-refractivity contribution in [3.05, 3.63) is 66.1 Å². The number of rotatable bonds is 5. The fourth-order valence-corrected chi connectivity index (χ4v) is 4.82. The van der Waals surface area contributed by atoms with E-state index in [9.17, 15) is 12.8 Å². The summed E-state index contributed by atoms with van der Waals surface area (Å²) in [5, 5.41) is 0.473. The van der Waals surface area contributed by atoms with E-state index in [1.54, 1.807) is 23.9 Å². The summed E-state index contributed by atoms with van der Waals surface area (Å²) in [7, 11) is -1.00. The minimum atomic E-state index is -4.02. The Hall–Kier alpha value is -3.53. The highest BCUT2D eigenvalue weighted by atomic mass is 32.2. The summed E-state index contributed by atoms with van der Waals surface area (Å²) in [5.74, 6) is -2.07. The van der Waals surface area contributed by atoms with E-state index in [4.69, 9.17) is 10.5 Å². The van der Waals surface area contributed by atoms with Crippen LogP contribution in [0.3, 0.4) is 0 Å². The first-order valence-corrected chi connectivity index (χ1v) is 10.8. The average molecular weight is 444 g/mol. The first kappa shape index (κ1) is 20.7. The molecule has 10 heteroatoms. The third kappa shape index (κ3) is 3.59.